The number of pyridine rings is 1. The van der Waals surface area contributed by atoms with Crippen LogP contribution in [0.5, 0.6) is 0 Å². The maximum Gasteiger partial charge on any atom is 0.412 e. The summed E-state index contributed by atoms with van der Waals surface area (Å²) < 4.78 is 5.03. The molecule has 0 fully saturated rings. The summed E-state index contributed by atoms with van der Waals surface area (Å²) >= 11 is 0. The summed E-state index contributed by atoms with van der Waals surface area (Å²) in [7, 11) is 0. The second kappa shape index (κ2) is 7.65. The van der Waals surface area contributed by atoms with Gasteiger partial charge in [0.1, 0.15) is 5.82 Å². The maximum atomic E-state index is 11.4. The molecule has 0 bridgehead atoms. The van der Waals surface area contributed by atoms with E-state index in [1.165, 1.54) is 12.8 Å². The van der Waals surface area contributed by atoms with Gasteiger partial charge in [-0.05, 0) is 25.0 Å². The fraction of sp³-hybridized carbons (Fsp3) is 0.538. The van der Waals surface area contributed by atoms with Crippen molar-refractivity contribution >= 4 is 11.9 Å². The molecule has 1 rings (SSSR count). The zero-order valence-electron chi connectivity index (χ0n) is 10.5. The molecule has 1 heterocycles. The number of carbonyl (C=O) groups is 1. The highest BCUT2D eigenvalue weighted by molar-refractivity contribution is 5.83. The molecule has 0 aromatic carbocycles. The molecule has 94 valence electrons. The van der Waals surface area contributed by atoms with Crippen LogP contribution >= 0.6 is 0 Å². The number of aromatic nitrogens is 1. The van der Waals surface area contributed by atoms with Gasteiger partial charge in [-0.1, -0.05) is 32.3 Å². The topological polar surface area (TPSA) is 51.2 Å². The molecule has 0 aliphatic rings. The van der Waals surface area contributed by atoms with Crippen LogP contribution in [0.25, 0.3) is 0 Å². The summed E-state index contributed by atoms with van der Waals surface area (Å²) in [5.74, 6) is 0.522. The summed E-state index contributed by atoms with van der Waals surface area (Å²) in [6.45, 7) is 4.57. The predicted octanol–water partition coefficient (Wildman–Crippen LogP) is 3.52. The minimum absolute atomic E-state index is 0.433. The Balaban J connectivity index is 2.18. The van der Waals surface area contributed by atoms with Crippen LogP contribution in [0, 0.1) is 6.92 Å². The molecule has 17 heavy (non-hydrogen) atoms. The summed E-state index contributed by atoms with van der Waals surface area (Å²) in [5.41, 5.74) is 1.06. The normalized spacial score (nSPS) is 10.0. The van der Waals surface area contributed by atoms with Crippen molar-refractivity contribution in [1.82, 2.24) is 4.98 Å². The lowest BCUT2D eigenvalue weighted by molar-refractivity contribution is 0.159. The van der Waals surface area contributed by atoms with E-state index >= 15 is 0 Å². The van der Waals surface area contributed by atoms with Crippen molar-refractivity contribution in [3.8, 4) is 0 Å². The van der Waals surface area contributed by atoms with Gasteiger partial charge in [-0.15, -0.1) is 0 Å². The van der Waals surface area contributed by atoms with Crippen molar-refractivity contribution in [2.45, 2.75) is 39.5 Å². The van der Waals surface area contributed by atoms with Crippen molar-refractivity contribution in [2.75, 3.05) is 11.9 Å². The molecular formula is C13H20N2O2. The SMILES string of the molecule is CCCCCCOC(=O)Nc1ccc(C)cn1. The van der Waals surface area contributed by atoms with E-state index in [0.29, 0.717) is 12.4 Å². The number of hydrogen-bond donors (Lipinski definition) is 1. The second-order valence-electron chi connectivity index (χ2n) is 4.04. The molecule has 1 aromatic heterocycles. The van der Waals surface area contributed by atoms with Crippen LogP contribution in [-0.2, 0) is 4.74 Å². The van der Waals surface area contributed by atoms with E-state index < -0.39 is 6.09 Å². The fourth-order valence-corrected chi connectivity index (χ4v) is 1.38. The lowest BCUT2D eigenvalue weighted by Gasteiger charge is -2.06. The maximum absolute atomic E-state index is 11.4. The quantitative estimate of drug-likeness (QED) is 0.769. The average Bonchev–Trinajstić information content (AvgIpc) is 2.32. The average molecular weight is 236 g/mol. The third kappa shape index (κ3) is 5.90. The van der Waals surface area contributed by atoms with Gasteiger partial charge in [-0.2, -0.15) is 0 Å². The predicted molar refractivity (Wildman–Crippen MR) is 68.1 cm³/mol. The van der Waals surface area contributed by atoms with Gasteiger partial charge in [-0.3, -0.25) is 5.32 Å². The molecule has 0 saturated carbocycles. The smallest absolute Gasteiger partial charge is 0.412 e. The molecule has 1 aromatic rings. The number of nitrogens with zero attached hydrogens (tertiary/aromatic N) is 1. The molecule has 0 spiro atoms. The van der Waals surface area contributed by atoms with E-state index in [4.69, 9.17) is 4.74 Å². The number of anilines is 1. The number of nitrogens with one attached hydrogen (secondary N) is 1. The van der Waals surface area contributed by atoms with Gasteiger partial charge >= 0.3 is 6.09 Å². The van der Waals surface area contributed by atoms with Gasteiger partial charge in [-0.25, -0.2) is 9.78 Å². The van der Waals surface area contributed by atoms with E-state index in [0.717, 1.165) is 18.4 Å². The van der Waals surface area contributed by atoms with Gasteiger partial charge in [0.05, 0.1) is 6.61 Å². The van der Waals surface area contributed by atoms with Crippen LogP contribution in [0.3, 0.4) is 0 Å². The zero-order valence-corrected chi connectivity index (χ0v) is 10.5. The molecule has 1 amide bonds. The molecule has 4 nitrogen and oxygen atoms in total. The van der Waals surface area contributed by atoms with E-state index in [1.54, 1.807) is 12.3 Å². The number of hydrogen-bond acceptors (Lipinski definition) is 3. The highest BCUT2D eigenvalue weighted by atomic mass is 16.5. The number of aryl methyl sites for hydroxylation is 1. The van der Waals surface area contributed by atoms with Crippen LogP contribution in [0.15, 0.2) is 18.3 Å². The Morgan fingerprint density at radius 1 is 1.35 bits per heavy atom. The molecule has 0 atom stereocenters. The van der Waals surface area contributed by atoms with Crippen molar-refractivity contribution in [3.05, 3.63) is 23.9 Å². The second-order valence-corrected chi connectivity index (χ2v) is 4.04. The first-order valence-corrected chi connectivity index (χ1v) is 6.09. The summed E-state index contributed by atoms with van der Waals surface area (Å²) in [5, 5.41) is 2.59. The first-order valence-electron chi connectivity index (χ1n) is 6.09. The van der Waals surface area contributed by atoms with Crippen molar-refractivity contribution < 1.29 is 9.53 Å². The highest BCUT2D eigenvalue weighted by Crippen LogP contribution is 2.05. The number of amides is 1. The van der Waals surface area contributed by atoms with Gasteiger partial charge in [0.15, 0.2) is 0 Å². The van der Waals surface area contributed by atoms with Gasteiger partial charge < -0.3 is 4.74 Å². The van der Waals surface area contributed by atoms with Crippen LogP contribution < -0.4 is 5.32 Å². The molecule has 4 heteroatoms. The summed E-state index contributed by atoms with van der Waals surface area (Å²) in [6.07, 6.45) is 5.66. The third-order valence-corrected chi connectivity index (χ3v) is 2.37. The molecular weight excluding hydrogens is 216 g/mol. The zero-order chi connectivity index (χ0) is 12.5. The lowest BCUT2D eigenvalue weighted by Crippen LogP contribution is -2.15. The van der Waals surface area contributed by atoms with E-state index in [2.05, 4.69) is 17.2 Å². The van der Waals surface area contributed by atoms with Crippen LogP contribution in [0.4, 0.5) is 10.6 Å². The Morgan fingerprint density at radius 2 is 2.18 bits per heavy atom. The van der Waals surface area contributed by atoms with E-state index in [-0.39, 0.29) is 0 Å². The van der Waals surface area contributed by atoms with Gasteiger partial charge in [0.25, 0.3) is 0 Å². The molecule has 0 aliphatic carbocycles. The number of ether oxygens (including phenoxy) is 1. The number of carbonyl (C=O) groups excluding carboxylic acids is 1. The monoisotopic (exact) mass is 236 g/mol. The number of unbranched alkanes of at least 4 members (excludes halogenated alkanes) is 3. The largest absolute Gasteiger partial charge is 0.449 e. The molecule has 1 N–H and O–H groups in total. The van der Waals surface area contributed by atoms with Crippen LogP contribution in [0.2, 0.25) is 0 Å². The molecule has 0 radical (unpaired) electrons. The van der Waals surface area contributed by atoms with Crippen molar-refractivity contribution in [1.29, 1.82) is 0 Å². The Hall–Kier alpha value is -1.58. The van der Waals surface area contributed by atoms with E-state index in [1.807, 2.05) is 13.0 Å². The van der Waals surface area contributed by atoms with Crippen LogP contribution in [-0.4, -0.2) is 17.7 Å². The Labute approximate surface area is 102 Å². The standard InChI is InChI=1S/C13H20N2O2/c1-3-4-5-6-9-17-13(16)15-12-8-7-11(2)10-14-12/h7-8,10H,3-6,9H2,1-2H3,(H,14,15,16). The highest BCUT2D eigenvalue weighted by Gasteiger charge is 2.03. The lowest BCUT2D eigenvalue weighted by atomic mass is 10.2. The van der Waals surface area contributed by atoms with Crippen molar-refractivity contribution in [2.24, 2.45) is 0 Å². The Morgan fingerprint density at radius 3 is 2.82 bits per heavy atom. The minimum Gasteiger partial charge on any atom is -0.449 e. The minimum atomic E-state index is -0.433. The van der Waals surface area contributed by atoms with Gasteiger partial charge in [0, 0.05) is 6.20 Å². The first-order chi connectivity index (χ1) is 8.22. The summed E-state index contributed by atoms with van der Waals surface area (Å²) in [6, 6.07) is 3.65. The van der Waals surface area contributed by atoms with Gasteiger partial charge in [0.2, 0.25) is 0 Å². The van der Waals surface area contributed by atoms with Crippen LogP contribution in [0.1, 0.15) is 38.2 Å². The molecule has 0 aliphatic heterocycles. The summed E-state index contributed by atoms with van der Waals surface area (Å²) in [4.78, 5) is 15.4. The van der Waals surface area contributed by atoms with Crippen molar-refractivity contribution in [3.63, 3.8) is 0 Å². The van der Waals surface area contributed by atoms with E-state index in [9.17, 15) is 4.79 Å². The first kappa shape index (κ1) is 13.5. The Bertz CT molecular complexity index is 336. The molecule has 0 saturated heterocycles. The third-order valence-electron chi connectivity index (χ3n) is 2.37. The molecule has 0 unspecified atom stereocenters. The Kier molecular flexibility index (Phi) is 6.07. The fourth-order valence-electron chi connectivity index (χ4n) is 1.38. The number of rotatable bonds is 6.